The van der Waals surface area contributed by atoms with E-state index in [1.54, 1.807) is 18.2 Å². The molecule has 0 fully saturated rings. The molecule has 0 bridgehead atoms. The van der Waals surface area contributed by atoms with Gasteiger partial charge in [-0.1, -0.05) is 65.7 Å². The van der Waals surface area contributed by atoms with Gasteiger partial charge in [-0.2, -0.15) is 0 Å². The fourth-order valence-corrected chi connectivity index (χ4v) is 4.65. The van der Waals surface area contributed by atoms with Crippen LogP contribution >= 0.6 is 23.2 Å². The third-order valence-corrected chi connectivity index (χ3v) is 6.51. The molecule has 3 aromatic carbocycles. The highest BCUT2D eigenvalue weighted by Crippen LogP contribution is 2.37. The van der Waals surface area contributed by atoms with Gasteiger partial charge >= 0.3 is 5.97 Å². The zero-order valence-corrected chi connectivity index (χ0v) is 20.3. The summed E-state index contributed by atoms with van der Waals surface area (Å²) in [5.74, 6) is -0.531. The van der Waals surface area contributed by atoms with E-state index < -0.39 is 18.1 Å². The normalized spacial score (nSPS) is 16.6. The molecule has 1 aliphatic rings. The van der Waals surface area contributed by atoms with Crippen LogP contribution in [-0.2, 0) is 35.4 Å². The maximum atomic E-state index is 13.0. The molecule has 7 heteroatoms. The van der Waals surface area contributed by atoms with Crippen molar-refractivity contribution < 1.29 is 19.4 Å². The van der Waals surface area contributed by atoms with Crippen molar-refractivity contribution in [3.8, 4) is 5.75 Å². The second kappa shape index (κ2) is 10.1. The second-order valence-electron chi connectivity index (χ2n) is 8.89. The molecular weight excluding hydrogens is 473 g/mol. The molecule has 34 heavy (non-hydrogen) atoms. The van der Waals surface area contributed by atoms with Crippen molar-refractivity contribution in [2.75, 3.05) is 6.54 Å². The molecule has 0 saturated carbocycles. The number of nitrogens with zero attached hydrogens (tertiary/aromatic N) is 1. The molecule has 4 rings (SSSR count). The number of carbonyl (C=O) groups is 2. The number of hydrogen-bond donors (Lipinski definition) is 1. The lowest BCUT2D eigenvalue weighted by atomic mass is 9.91. The number of carbonyl (C=O) groups excluding carboxylic acids is 1. The van der Waals surface area contributed by atoms with Crippen molar-refractivity contribution >= 4 is 35.1 Å². The lowest BCUT2D eigenvalue weighted by Crippen LogP contribution is -2.36. The van der Waals surface area contributed by atoms with Crippen LogP contribution in [0.1, 0.15) is 29.2 Å². The van der Waals surface area contributed by atoms with Crippen molar-refractivity contribution in [2.45, 2.75) is 38.3 Å². The van der Waals surface area contributed by atoms with Crippen LogP contribution in [-0.4, -0.2) is 34.0 Å². The fourth-order valence-electron chi connectivity index (χ4n) is 4.33. The van der Waals surface area contributed by atoms with Gasteiger partial charge in [0.15, 0.2) is 0 Å². The van der Waals surface area contributed by atoms with Crippen LogP contribution < -0.4 is 4.74 Å². The Bertz CT molecular complexity index is 1210. The van der Waals surface area contributed by atoms with Crippen molar-refractivity contribution in [3.63, 3.8) is 0 Å². The van der Waals surface area contributed by atoms with Gasteiger partial charge in [0.25, 0.3) is 0 Å². The van der Waals surface area contributed by atoms with Crippen molar-refractivity contribution in [1.82, 2.24) is 4.90 Å². The van der Waals surface area contributed by atoms with Crippen LogP contribution in [0.5, 0.6) is 5.75 Å². The average Bonchev–Trinajstić information content (AvgIpc) is 3.11. The van der Waals surface area contributed by atoms with E-state index in [9.17, 15) is 14.7 Å². The third kappa shape index (κ3) is 5.91. The Labute approximate surface area is 208 Å². The zero-order chi connectivity index (χ0) is 24.3. The summed E-state index contributed by atoms with van der Waals surface area (Å²) >= 11 is 12.2. The van der Waals surface area contributed by atoms with Crippen LogP contribution in [0.4, 0.5) is 0 Å². The number of aliphatic carboxylic acids is 1. The summed E-state index contributed by atoms with van der Waals surface area (Å²) in [4.78, 5) is 25.7. The number of amides is 1. The van der Waals surface area contributed by atoms with E-state index in [1.807, 2.05) is 48.5 Å². The van der Waals surface area contributed by atoms with E-state index >= 15 is 0 Å². The molecule has 0 aromatic heterocycles. The summed E-state index contributed by atoms with van der Waals surface area (Å²) < 4.78 is 6.26. The van der Waals surface area contributed by atoms with Gasteiger partial charge in [0.2, 0.25) is 5.91 Å². The second-order valence-corrected chi connectivity index (χ2v) is 9.73. The molecule has 0 unspecified atom stereocenters. The monoisotopic (exact) mass is 497 g/mol. The van der Waals surface area contributed by atoms with E-state index in [-0.39, 0.29) is 18.9 Å². The van der Waals surface area contributed by atoms with E-state index in [4.69, 9.17) is 27.9 Å². The van der Waals surface area contributed by atoms with E-state index in [2.05, 4.69) is 6.92 Å². The van der Waals surface area contributed by atoms with E-state index in [1.165, 1.54) is 4.90 Å². The topological polar surface area (TPSA) is 66.8 Å². The number of hydrogen-bond acceptors (Lipinski definition) is 3. The Morgan fingerprint density at radius 2 is 1.74 bits per heavy atom. The predicted molar refractivity (Wildman–Crippen MR) is 133 cm³/mol. The Morgan fingerprint density at radius 3 is 2.44 bits per heavy atom. The van der Waals surface area contributed by atoms with Crippen LogP contribution in [0.15, 0.2) is 66.7 Å². The van der Waals surface area contributed by atoms with Crippen molar-refractivity contribution in [3.05, 3.63) is 99.0 Å². The molecule has 0 radical (unpaired) electrons. The van der Waals surface area contributed by atoms with E-state index in [0.29, 0.717) is 22.0 Å². The van der Waals surface area contributed by atoms with Crippen molar-refractivity contribution in [2.24, 2.45) is 0 Å². The fraction of sp³-hybridized carbons (Fsp3) is 0.259. The standard InChI is InChI=1S/C27H25Cl2NO4/c1-27(14-18-6-9-22(28)10-7-18)15-21-12-19(8-11-24(21)34-27)13-25(31)30(17-26(32)33)16-20-4-2-3-5-23(20)29/h2-12H,13-17H2,1H3,(H,32,33)/t27-/m1/s1. The summed E-state index contributed by atoms with van der Waals surface area (Å²) in [6, 6.07) is 20.6. The maximum Gasteiger partial charge on any atom is 0.323 e. The van der Waals surface area contributed by atoms with Gasteiger partial charge in [0, 0.05) is 29.4 Å². The van der Waals surface area contributed by atoms with Crippen LogP contribution in [0.3, 0.4) is 0 Å². The predicted octanol–water partition coefficient (Wildman–Crippen LogP) is 5.59. The first kappa shape index (κ1) is 24.1. The summed E-state index contributed by atoms with van der Waals surface area (Å²) in [6.45, 7) is 1.82. The van der Waals surface area contributed by atoms with Gasteiger partial charge < -0.3 is 14.7 Å². The Kier molecular flexibility index (Phi) is 7.15. The van der Waals surface area contributed by atoms with Gasteiger partial charge in [-0.25, -0.2) is 0 Å². The Morgan fingerprint density at radius 1 is 1.03 bits per heavy atom. The summed E-state index contributed by atoms with van der Waals surface area (Å²) in [7, 11) is 0. The van der Waals surface area contributed by atoms with Crippen LogP contribution in [0.25, 0.3) is 0 Å². The average molecular weight is 498 g/mol. The molecular formula is C27H25Cl2NO4. The molecule has 1 amide bonds. The Balaban J connectivity index is 1.46. The molecule has 1 N–H and O–H groups in total. The largest absolute Gasteiger partial charge is 0.487 e. The number of halogens is 2. The quantitative estimate of drug-likeness (QED) is 0.440. The number of rotatable bonds is 8. The molecule has 1 heterocycles. The third-order valence-electron chi connectivity index (χ3n) is 5.89. The van der Waals surface area contributed by atoms with Crippen LogP contribution in [0.2, 0.25) is 10.0 Å². The van der Waals surface area contributed by atoms with Gasteiger partial charge in [0.1, 0.15) is 17.9 Å². The number of benzene rings is 3. The number of ether oxygens (including phenoxy) is 1. The first-order valence-electron chi connectivity index (χ1n) is 11.0. The number of carboxylic acids is 1. The minimum atomic E-state index is -1.07. The molecule has 0 aliphatic carbocycles. The maximum absolute atomic E-state index is 13.0. The smallest absolute Gasteiger partial charge is 0.323 e. The van der Waals surface area contributed by atoms with Crippen LogP contribution in [0, 0.1) is 0 Å². The highest BCUT2D eigenvalue weighted by Gasteiger charge is 2.35. The van der Waals surface area contributed by atoms with E-state index in [0.717, 1.165) is 28.9 Å². The van der Waals surface area contributed by atoms with Gasteiger partial charge in [-0.05, 0) is 53.4 Å². The summed E-state index contributed by atoms with van der Waals surface area (Å²) in [5.41, 5.74) is 3.31. The Hall–Kier alpha value is -3.02. The summed E-state index contributed by atoms with van der Waals surface area (Å²) in [5, 5.41) is 10.5. The van der Waals surface area contributed by atoms with Gasteiger partial charge in [-0.15, -0.1) is 0 Å². The zero-order valence-electron chi connectivity index (χ0n) is 18.8. The lowest BCUT2D eigenvalue weighted by molar-refractivity contribution is -0.144. The SMILES string of the molecule is C[C@@]1(Cc2ccc(Cl)cc2)Cc2cc(CC(=O)N(CC(=O)O)Cc3ccccc3Cl)ccc2O1. The van der Waals surface area contributed by atoms with Crippen molar-refractivity contribution in [1.29, 1.82) is 0 Å². The molecule has 5 nitrogen and oxygen atoms in total. The highest BCUT2D eigenvalue weighted by molar-refractivity contribution is 6.31. The first-order chi connectivity index (χ1) is 16.2. The van der Waals surface area contributed by atoms with Gasteiger partial charge in [0.05, 0.1) is 6.42 Å². The summed E-state index contributed by atoms with van der Waals surface area (Å²) in [6.07, 6.45) is 1.54. The minimum Gasteiger partial charge on any atom is -0.487 e. The lowest BCUT2D eigenvalue weighted by Gasteiger charge is -2.24. The highest BCUT2D eigenvalue weighted by atomic mass is 35.5. The molecule has 176 valence electrons. The molecule has 1 aliphatic heterocycles. The number of fused-ring (bicyclic) bond motifs is 1. The first-order valence-corrected chi connectivity index (χ1v) is 11.7. The molecule has 3 aromatic rings. The van der Waals surface area contributed by atoms with Gasteiger partial charge in [-0.3, -0.25) is 9.59 Å². The minimum absolute atomic E-state index is 0.0961. The molecule has 1 atom stereocenters. The molecule has 0 spiro atoms. The number of carboxylic acid groups (broad SMARTS) is 1. The molecule has 0 saturated heterocycles.